The van der Waals surface area contributed by atoms with Gasteiger partial charge in [0.25, 0.3) is 0 Å². The van der Waals surface area contributed by atoms with Crippen LogP contribution < -0.4 is 0 Å². The summed E-state index contributed by atoms with van der Waals surface area (Å²) >= 11 is 6.25. The van der Waals surface area contributed by atoms with Crippen molar-refractivity contribution < 1.29 is 4.21 Å². The molecule has 5 heteroatoms. The first-order valence-electron chi connectivity index (χ1n) is 6.83. The van der Waals surface area contributed by atoms with Gasteiger partial charge in [0.2, 0.25) is 0 Å². The second kappa shape index (κ2) is 6.27. The Morgan fingerprint density at radius 2 is 2.10 bits per heavy atom. The van der Waals surface area contributed by atoms with Crippen LogP contribution in [0.1, 0.15) is 37.0 Å². The van der Waals surface area contributed by atoms with Gasteiger partial charge in [0, 0.05) is 28.9 Å². The summed E-state index contributed by atoms with van der Waals surface area (Å²) in [5.74, 6) is 0.890. The lowest BCUT2D eigenvalue weighted by Gasteiger charge is -2.13. The van der Waals surface area contributed by atoms with Crippen LogP contribution in [0.3, 0.4) is 0 Å². The minimum atomic E-state index is -0.793. The molecule has 1 aromatic carbocycles. The van der Waals surface area contributed by atoms with Crippen LogP contribution in [0, 0.1) is 6.92 Å². The predicted octanol–water partition coefficient (Wildman–Crippen LogP) is 3.80. The van der Waals surface area contributed by atoms with Crippen molar-refractivity contribution in [3.63, 3.8) is 0 Å². The fraction of sp³-hybridized carbons (Fsp3) is 0.533. The number of rotatable bonds is 5. The molecule has 3 nitrogen and oxygen atoms in total. The highest BCUT2D eigenvalue weighted by Crippen LogP contribution is 2.26. The SMILES string of the molecule is Cc1ccc2c(c1)nc(C(C)Cl)n2CCC(C)S(C)=O. The highest BCUT2D eigenvalue weighted by molar-refractivity contribution is 7.84. The number of hydrogen-bond acceptors (Lipinski definition) is 2. The van der Waals surface area contributed by atoms with Crippen LogP contribution in [0.5, 0.6) is 0 Å². The summed E-state index contributed by atoms with van der Waals surface area (Å²) in [4.78, 5) is 4.65. The van der Waals surface area contributed by atoms with Gasteiger partial charge in [0.05, 0.1) is 16.4 Å². The van der Waals surface area contributed by atoms with Crippen molar-refractivity contribution in [3.8, 4) is 0 Å². The number of nitrogens with zero attached hydrogens (tertiary/aromatic N) is 2. The molecule has 1 aromatic heterocycles. The molecule has 0 aliphatic carbocycles. The van der Waals surface area contributed by atoms with Crippen LogP contribution in [-0.2, 0) is 17.3 Å². The Bertz CT molecular complexity index is 636. The van der Waals surface area contributed by atoms with Gasteiger partial charge in [0.1, 0.15) is 5.82 Å². The fourth-order valence-electron chi connectivity index (χ4n) is 2.27. The molecule has 0 spiro atoms. The van der Waals surface area contributed by atoms with Gasteiger partial charge < -0.3 is 4.57 Å². The smallest absolute Gasteiger partial charge is 0.127 e. The summed E-state index contributed by atoms with van der Waals surface area (Å²) in [6.07, 6.45) is 2.62. The standard InChI is InChI=1S/C15H21ClN2OS/c1-10-5-6-14-13(9-10)17-15(12(3)16)18(14)8-7-11(2)20(4)19/h5-6,9,11-12H,7-8H2,1-4H3. The number of imidazole rings is 1. The highest BCUT2D eigenvalue weighted by Gasteiger charge is 2.16. The number of hydrogen-bond donors (Lipinski definition) is 0. The topological polar surface area (TPSA) is 34.9 Å². The lowest BCUT2D eigenvalue weighted by molar-refractivity contribution is 0.608. The molecule has 2 aromatic rings. The van der Waals surface area contributed by atoms with E-state index >= 15 is 0 Å². The van der Waals surface area contributed by atoms with Crippen molar-refractivity contribution in [2.24, 2.45) is 0 Å². The van der Waals surface area contributed by atoms with Gasteiger partial charge in [-0.05, 0) is 38.0 Å². The second-order valence-corrected chi connectivity index (χ2v) is 7.78. The third-order valence-corrected chi connectivity index (χ3v) is 5.18. The van der Waals surface area contributed by atoms with E-state index in [-0.39, 0.29) is 10.6 Å². The number of aryl methyl sites for hydroxylation is 2. The average Bonchev–Trinajstić information content (AvgIpc) is 2.73. The lowest BCUT2D eigenvalue weighted by Crippen LogP contribution is -2.14. The zero-order valence-corrected chi connectivity index (χ0v) is 14.0. The summed E-state index contributed by atoms with van der Waals surface area (Å²) < 4.78 is 13.7. The molecular weight excluding hydrogens is 292 g/mol. The molecule has 0 bridgehead atoms. The number of fused-ring (bicyclic) bond motifs is 1. The van der Waals surface area contributed by atoms with Gasteiger partial charge >= 0.3 is 0 Å². The molecule has 0 N–H and O–H groups in total. The monoisotopic (exact) mass is 312 g/mol. The van der Waals surface area contributed by atoms with E-state index in [1.54, 1.807) is 6.26 Å². The summed E-state index contributed by atoms with van der Waals surface area (Å²) in [6.45, 7) is 6.81. The van der Waals surface area contributed by atoms with Gasteiger partial charge in [-0.25, -0.2) is 4.98 Å². The summed E-state index contributed by atoms with van der Waals surface area (Å²) in [6, 6.07) is 6.26. The van der Waals surface area contributed by atoms with Gasteiger partial charge in [0.15, 0.2) is 0 Å². The zero-order valence-electron chi connectivity index (χ0n) is 12.4. The molecule has 0 radical (unpaired) electrons. The van der Waals surface area contributed by atoms with E-state index in [0.29, 0.717) is 0 Å². The maximum Gasteiger partial charge on any atom is 0.127 e. The summed E-state index contributed by atoms with van der Waals surface area (Å²) in [5.41, 5.74) is 3.28. The van der Waals surface area contributed by atoms with Crippen molar-refractivity contribution in [1.82, 2.24) is 9.55 Å². The Morgan fingerprint density at radius 1 is 1.40 bits per heavy atom. The van der Waals surface area contributed by atoms with Crippen molar-refractivity contribution >= 4 is 33.4 Å². The minimum Gasteiger partial charge on any atom is -0.327 e. The molecule has 3 unspecified atom stereocenters. The average molecular weight is 313 g/mol. The molecule has 0 saturated heterocycles. The lowest BCUT2D eigenvalue weighted by atomic mass is 10.2. The second-order valence-electron chi connectivity index (χ2n) is 5.33. The Hall–Kier alpha value is -0.870. The van der Waals surface area contributed by atoms with Crippen molar-refractivity contribution in [2.45, 2.75) is 44.4 Å². The maximum atomic E-state index is 11.5. The molecule has 0 aliphatic heterocycles. The van der Waals surface area contributed by atoms with Crippen LogP contribution in [0.25, 0.3) is 11.0 Å². The van der Waals surface area contributed by atoms with Crippen LogP contribution in [0.4, 0.5) is 0 Å². The summed E-state index contributed by atoms with van der Waals surface area (Å²) in [7, 11) is -0.793. The number of benzene rings is 1. The van der Waals surface area contributed by atoms with Crippen molar-refractivity contribution in [2.75, 3.05) is 6.26 Å². The zero-order chi connectivity index (χ0) is 14.9. The molecule has 20 heavy (non-hydrogen) atoms. The quantitative estimate of drug-likeness (QED) is 0.787. The van der Waals surface area contributed by atoms with Crippen LogP contribution in [-0.4, -0.2) is 25.3 Å². The Morgan fingerprint density at radius 3 is 2.70 bits per heavy atom. The van der Waals surface area contributed by atoms with Gasteiger partial charge in [-0.3, -0.25) is 4.21 Å². The third-order valence-electron chi connectivity index (χ3n) is 3.61. The molecule has 2 rings (SSSR count). The van der Waals surface area contributed by atoms with Crippen LogP contribution >= 0.6 is 11.6 Å². The molecule has 0 saturated carbocycles. The minimum absolute atomic E-state index is 0.134. The largest absolute Gasteiger partial charge is 0.327 e. The first kappa shape index (κ1) is 15.5. The highest BCUT2D eigenvalue weighted by atomic mass is 35.5. The molecule has 0 aliphatic rings. The van der Waals surface area contributed by atoms with Gasteiger partial charge in [-0.1, -0.05) is 13.0 Å². The van der Waals surface area contributed by atoms with Gasteiger partial charge in [-0.2, -0.15) is 0 Å². The maximum absolute atomic E-state index is 11.5. The van der Waals surface area contributed by atoms with E-state index in [1.165, 1.54) is 5.56 Å². The molecule has 1 heterocycles. The molecule has 110 valence electrons. The van der Waals surface area contributed by atoms with Crippen molar-refractivity contribution in [3.05, 3.63) is 29.6 Å². The first-order valence-corrected chi connectivity index (χ1v) is 8.89. The Kier molecular flexibility index (Phi) is 4.86. The van der Waals surface area contributed by atoms with E-state index < -0.39 is 10.8 Å². The normalized spacial score (nSPS) is 16.2. The van der Waals surface area contributed by atoms with Crippen LogP contribution in [0.2, 0.25) is 0 Å². The van der Waals surface area contributed by atoms with Gasteiger partial charge in [-0.15, -0.1) is 11.6 Å². The molecular formula is C15H21ClN2OS. The first-order chi connectivity index (χ1) is 9.40. The third kappa shape index (κ3) is 3.23. The Balaban J connectivity index is 2.38. The van der Waals surface area contributed by atoms with Crippen LogP contribution in [0.15, 0.2) is 18.2 Å². The van der Waals surface area contributed by atoms with E-state index in [0.717, 1.165) is 29.8 Å². The van der Waals surface area contributed by atoms with E-state index in [4.69, 9.17) is 11.6 Å². The molecule has 0 amide bonds. The Labute approximate surface area is 127 Å². The van der Waals surface area contributed by atoms with Crippen molar-refractivity contribution in [1.29, 1.82) is 0 Å². The molecule has 0 fully saturated rings. The number of aromatic nitrogens is 2. The van der Waals surface area contributed by atoms with E-state index in [2.05, 4.69) is 34.7 Å². The number of alkyl halides is 1. The predicted molar refractivity (Wildman–Crippen MR) is 86.9 cm³/mol. The summed E-state index contributed by atoms with van der Waals surface area (Å²) in [5, 5.41) is 0.0431. The van der Waals surface area contributed by atoms with E-state index in [1.807, 2.05) is 13.8 Å². The molecule has 3 atom stereocenters. The number of halogens is 1. The van der Waals surface area contributed by atoms with E-state index in [9.17, 15) is 4.21 Å². The fourth-order valence-corrected chi connectivity index (χ4v) is 2.88.